The van der Waals surface area contributed by atoms with Crippen LogP contribution in [0.4, 0.5) is 5.69 Å². The van der Waals surface area contributed by atoms with Gasteiger partial charge in [0.25, 0.3) is 0 Å². The predicted molar refractivity (Wildman–Crippen MR) is 89.3 cm³/mol. The Bertz CT molecular complexity index is 626. The number of benzene rings is 2. The third-order valence-electron chi connectivity index (χ3n) is 3.46. The number of Topliss-reactive ketones (excluding diaryl/α,β-unsaturated/α-hetero) is 1. The molecule has 108 valence electrons. The van der Waals surface area contributed by atoms with Gasteiger partial charge in [-0.15, -0.1) is 0 Å². The van der Waals surface area contributed by atoms with Gasteiger partial charge in [0.05, 0.1) is 0 Å². The molecule has 2 heteroatoms. The molecule has 0 unspecified atom stereocenters. The molecule has 0 aliphatic rings. The van der Waals surface area contributed by atoms with Crippen LogP contribution in [0.25, 0.3) is 5.57 Å². The summed E-state index contributed by atoms with van der Waals surface area (Å²) in [5.41, 5.74) is 3.98. The fourth-order valence-corrected chi connectivity index (χ4v) is 2.23. The lowest BCUT2D eigenvalue weighted by atomic mass is 10.0. The van der Waals surface area contributed by atoms with Gasteiger partial charge < -0.3 is 4.90 Å². The van der Waals surface area contributed by atoms with Gasteiger partial charge in [0.15, 0.2) is 5.78 Å². The molecule has 0 bridgehead atoms. The molecular weight excluding hydrogens is 258 g/mol. The van der Waals surface area contributed by atoms with Crippen molar-refractivity contribution in [3.05, 3.63) is 71.9 Å². The lowest BCUT2D eigenvalue weighted by molar-refractivity contribution is -0.111. The first kappa shape index (κ1) is 15.0. The molecule has 0 spiro atoms. The topological polar surface area (TPSA) is 20.3 Å². The van der Waals surface area contributed by atoms with Crippen molar-refractivity contribution < 1.29 is 4.79 Å². The number of rotatable bonds is 5. The zero-order chi connectivity index (χ0) is 15.2. The van der Waals surface area contributed by atoms with Crippen molar-refractivity contribution in [2.24, 2.45) is 0 Å². The van der Waals surface area contributed by atoms with Gasteiger partial charge in [-0.2, -0.15) is 0 Å². The van der Waals surface area contributed by atoms with Crippen molar-refractivity contribution >= 4 is 17.0 Å². The molecule has 2 aromatic rings. The molecule has 0 aromatic heterocycles. The Morgan fingerprint density at radius 2 is 1.67 bits per heavy atom. The standard InChI is InChI=1S/C19H21NO/c1-4-20(18-8-6-5-7-9-18)14-19(16(3)21)17-12-10-15(2)11-13-17/h5-14H,4H2,1-3H3/b19-14+. The molecular formula is C19H21NO. The van der Waals surface area contributed by atoms with Crippen LogP contribution in [0.15, 0.2) is 60.8 Å². The molecule has 0 saturated carbocycles. The van der Waals surface area contributed by atoms with Crippen molar-refractivity contribution in [2.45, 2.75) is 20.8 Å². The molecule has 0 aliphatic carbocycles. The number of allylic oxidation sites excluding steroid dienone is 1. The number of aryl methyl sites for hydroxylation is 1. The highest BCUT2D eigenvalue weighted by Gasteiger charge is 2.10. The van der Waals surface area contributed by atoms with E-state index in [4.69, 9.17) is 0 Å². The SMILES string of the molecule is CCN(/C=C(\C(C)=O)c1ccc(C)cc1)c1ccccc1. The highest BCUT2D eigenvalue weighted by molar-refractivity contribution is 6.19. The summed E-state index contributed by atoms with van der Waals surface area (Å²) in [6, 6.07) is 18.2. The van der Waals surface area contributed by atoms with E-state index < -0.39 is 0 Å². The van der Waals surface area contributed by atoms with Gasteiger partial charge in [0, 0.05) is 24.0 Å². The van der Waals surface area contributed by atoms with Gasteiger partial charge in [-0.05, 0) is 38.5 Å². The zero-order valence-electron chi connectivity index (χ0n) is 12.8. The molecule has 0 saturated heterocycles. The number of para-hydroxylation sites is 1. The number of hydrogen-bond donors (Lipinski definition) is 0. The summed E-state index contributed by atoms with van der Waals surface area (Å²) in [6.07, 6.45) is 1.95. The van der Waals surface area contributed by atoms with Crippen LogP contribution >= 0.6 is 0 Å². The molecule has 0 aliphatic heterocycles. The van der Waals surface area contributed by atoms with Crippen molar-refractivity contribution in [3.8, 4) is 0 Å². The molecule has 21 heavy (non-hydrogen) atoms. The van der Waals surface area contributed by atoms with Gasteiger partial charge in [-0.1, -0.05) is 48.0 Å². The number of nitrogens with zero attached hydrogens (tertiary/aromatic N) is 1. The molecule has 2 rings (SSSR count). The average molecular weight is 279 g/mol. The van der Waals surface area contributed by atoms with E-state index in [1.807, 2.05) is 67.7 Å². The lowest BCUT2D eigenvalue weighted by Gasteiger charge is -2.20. The van der Waals surface area contributed by atoms with Crippen LogP contribution in [0.3, 0.4) is 0 Å². The maximum Gasteiger partial charge on any atom is 0.161 e. The van der Waals surface area contributed by atoms with Gasteiger partial charge in [-0.25, -0.2) is 0 Å². The van der Waals surface area contributed by atoms with Gasteiger partial charge in [0.1, 0.15) is 0 Å². The van der Waals surface area contributed by atoms with Crippen molar-refractivity contribution in [3.63, 3.8) is 0 Å². The monoisotopic (exact) mass is 279 g/mol. The van der Waals surface area contributed by atoms with Crippen molar-refractivity contribution in [2.75, 3.05) is 11.4 Å². The minimum atomic E-state index is 0.0771. The maximum atomic E-state index is 12.0. The van der Waals surface area contributed by atoms with E-state index in [2.05, 4.69) is 11.8 Å². The summed E-state index contributed by atoms with van der Waals surface area (Å²) in [6.45, 7) is 6.55. The predicted octanol–water partition coefficient (Wildman–Crippen LogP) is 4.45. The quantitative estimate of drug-likeness (QED) is 0.754. The minimum Gasteiger partial charge on any atom is -0.348 e. The minimum absolute atomic E-state index is 0.0771. The number of carbonyl (C=O) groups is 1. The second-order valence-electron chi connectivity index (χ2n) is 5.09. The molecule has 2 nitrogen and oxygen atoms in total. The van der Waals surface area contributed by atoms with Crippen LogP contribution in [0.5, 0.6) is 0 Å². The first-order valence-corrected chi connectivity index (χ1v) is 7.23. The zero-order valence-corrected chi connectivity index (χ0v) is 12.8. The van der Waals surface area contributed by atoms with E-state index in [0.29, 0.717) is 0 Å². The summed E-state index contributed by atoms with van der Waals surface area (Å²) in [5.74, 6) is 0.0771. The Kier molecular flexibility index (Phi) is 4.94. The number of hydrogen-bond acceptors (Lipinski definition) is 2. The fourth-order valence-electron chi connectivity index (χ4n) is 2.23. The Balaban J connectivity index is 2.41. The summed E-state index contributed by atoms with van der Waals surface area (Å²) >= 11 is 0. The molecule has 0 atom stereocenters. The number of anilines is 1. The first-order valence-electron chi connectivity index (χ1n) is 7.23. The van der Waals surface area contributed by atoms with Crippen LogP contribution < -0.4 is 4.90 Å². The van der Waals surface area contributed by atoms with Crippen LogP contribution in [-0.2, 0) is 4.79 Å². The first-order chi connectivity index (χ1) is 10.1. The van der Waals surface area contributed by atoms with E-state index in [0.717, 1.165) is 23.4 Å². The van der Waals surface area contributed by atoms with E-state index in [1.165, 1.54) is 5.56 Å². The largest absolute Gasteiger partial charge is 0.348 e. The Morgan fingerprint density at radius 3 is 2.19 bits per heavy atom. The van der Waals surface area contributed by atoms with E-state index in [9.17, 15) is 4.79 Å². The average Bonchev–Trinajstić information content (AvgIpc) is 2.50. The number of ketones is 1. The second kappa shape index (κ2) is 6.89. The van der Waals surface area contributed by atoms with Crippen molar-refractivity contribution in [1.29, 1.82) is 0 Å². The van der Waals surface area contributed by atoms with Crippen LogP contribution in [0.1, 0.15) is 25.0 Å². The molecule has 0 N–H and O–H groups in total. The van der Waals surface area contributed by atoms with Gasteiger partial charge >= 0.3 is 0 Å². The maximum absolute atomic E-state index is 12.0. The second-order valence-corrected chi connectivity index (χ2v) is 5.09. The fraction of sp³-hybridized carbons (Fsp3) is 0.211. The lowest BCUT2D eigenvalue weighted by Crippen LogP contribution is -2.17. The molecule has 0 fully saturated rings. The molecule has 0 heterocycles. The van der Waals surface area contributed by atoms with Crippen LogP contribution in [0, 0.1) is 6.92 Å². The van der Waals surface area contributed by atoms with Crippen molar-refractivity contribution in [1.82, 2.24) is 0 Å². The smallest absolute Gasteiger partial charge is 0.161 e. The number of carbonyl (C=O) groups excluding carboxylic acids is 1. The normalized spacial score (nSPS) is 11.3. The van der Waals surface area contributed by atoms with E-state index in [1.54, 1.807) is 6.92 Å². The Hall–Kier alpha value is -2.35. The molecule has 0 radical (unpaired) electrons. The highest BCUT2D eigenvalue weighted by atomic mass is 16.1. The summed E-state index contributed by atoms with van der Waals surface area (Å²) in [7, 11) is 0. The van der Waals surface area contributed by atoms with E-state index in [-0.39, 0.29) is 5.78 Å². The Labute approximate surface area is 126 Å². The van der Waals surface area contributed by atoms with Crippen LogP contribution in [0.2, 0.25) is 0 Å². The highest BCUT2D eigenvalue weighted by Crippen LogP contribution is 2.21. The van der Waals surface area contributed by atoms with Gasteiger partial charge in [0.2, 0.25) is 0 Å². The Morgan fingerprint density at radius 1 is 1.05 bits per heavy atom. The van der Waals surface area contributed by atoms with E-state index >= 15 is 0 Å². The molecule has 0 amide bonds. The summed E-state index contributed by atoms with van der Waals surface area (Å²) in [4.78, 5) is 14.1. The molecule has 2 aromatic carbocycles. The third-order valence-corrected chi connectivity index (χ3v) is 3.46. The van der Waals surface area contributed by atoms with Crippen LogP contribution in [-0.4, -0.2) is 12.3 Å². The summed E-state index contributed by atoms with van der Waals surface area (Å²) < 4.78 is 0. The third kappa shape index (κ3) is 3.82. The summed E-state index contributed by atoms with van der Waals surface area (Å²) in [5, 5.41) is 0. The van der Waals surface area contributed by atoms with Gasteiger partial charge in [-0.3, -0.25) is 4.79 Å².